The summed E-state index contributed by atoms with van der Waals surface area (Å²) in [5, 5.41) is 27.6. The Morgan fingerprint density at radius 3 is 1.00 bits per heavy atom. The van der Waals surface area contributed by atoms with Gasteiger partial charge in [-0.1, -0.05) is 369 Å². The Hall–Kier alpha value is -2.25. The van der Waals surface area contributed by atoms with Gasteiger partial charge < -0.3 is 59.1 Å². The van der Waals surface area contributed by atoms with Crippen molar-refractivity contribution in [2.75, 3.05) is 33.0 Å². The molecule has 9 atom stereocenters. The van der Waals surface area contributed by atoms with E-state index in [-0.39, 0.29) is 13.0 Å². The number of carboxylic acids is 1. The van der Waals surface area contributed by atoms with Crippen molar-refractivity contribution in [3.05, 3.63) is 0 Å². The molecule has 1 aliphatic rings. The van der Waals surface area contributed by atoms with Crippen molar-refractivity contribution in [3.63, 3.8) is 0 Å². The van der Waals surface area contributed by atoms with Crippen LogP contribution >= 0.6 is 7.82 Å². The van der Waals surface area contributed by atoms with E-state index in [0.29, 0.717) is 51.7 Å². The highest BCUT2D eigenvalue weighted by atomic mass is 31.2. The van der Waals surface area contributed by atoms with Crippen molar-refractivity contribution in [2.24, 2.45) is 0 Å². The van der Waals surface area contributed by atoms with E-state index in [1.807, 2.05) is 0 Å². The summed E-state index contributed by atoms with van der Waals surface area (Å²) in [5.41, 5.74) is 0. The fourth-order valence-corrected chi connectivity index (χ4v) is 14.1. The smallest absolute Gasteiger partial charge is 0.470 e. The minimum Gasteiger partial charge on any atom is -0.480 e. The van der Waals surface area contributed by atoms with E-state index >= 15 is 9.59 Å². The lowest BCUT2D eigenvalue weighted by Crippen LogP contribution is -2.67. The summed E-state index contributed by atoms with van der Waals surface area (Å²) < 4.78 is 56.9. The number of unbranched alkanes of at least 4 members (excludes halogenated alkanes) is 48. The van der Waals surface area contributed by atoms with Gasteiger partial charge in [-0.2, -0.15) is 0 Å². The molecule has 1 fully saturated rings. The third kappa shape index (κ3) is 53.5. The van der Waals surface area contributed by atoms with Gasteiger partial charge in [-0.15, -0.1) is 0 Å². The number of carbonyl (C=O) groups is 4. The molecule has 1 aliphatic heterocycles. The van der Waals surface area contributed by atoms with E-state index in [9.17, 15) is 34.2 Å². The largest absolute Gasteiger partial charge is 0.480 e. The zero-order valence-corrected chi connectivity index (χ0v) is 66.1. The quantitative estimate of drug-likeness (QED) is 0.0188. The summed E-state index contributed by atoms with van der Waals surface area (Å²) >= 11 is 0. The second-order valence-electron chi connectivity index (χ2n) is 29.4. The standard InChI is InChI=1S/C81H157N2O16P/c1-7-13-19-25-31-37-40-43-49-55-61-70(93-64-58-52-46-34-28-22-16-10-4)77(85)82-69(79(87)88)68-96-81-74(83-78(86)71(94-65-59-53-47-35-29-23-17-11-5)62-56-50-44-41-38-32-26-20-14-8-2)76(75(73(67-84)97-81)99-100(90,91)92)98-80(89)72(95-66-60-54-48-36-30-24-18-12-6)63-57-51-45-42-39-33-27-21-15-9-3/h69-76,81,84H,7-68H2,1-6H3,(H,82,85)(H,83,86)(H,87,88)(H2,90,91,92)/t69-,70+,71+,72+,73+,74+,75+,76+,81+/m0/s1. The van der Waals surface area contributed by atoms with E-state index in [1.165, 1.54) is 173 Å². The van der Waals surface area contributed by atoms with Crippen LogP contribution in [0.3, 0.4) is 0 Å². The third-order valence-corrected chi connectivity index (χ3v) is 20.5. The highest BCUT2D eigenvalue weighted by molar-refractivity contribution is 7.46. The highest BCUT2D eigenvalue weighted by Crippen LogP contribution is 2.42. The Labute approximate surface area is 611 Å². The topological polar surface area (TPSA) is 255 Å². The Bertz CT molecular complexity index is 1920. The van der Waals surface area contributed by atoms with E-state index in [0.717, 1.165) is 148 Å². The fourth-order valence-electron chi connectivity index (χ4n) is 13.6. The number of aliphatic hydroxyl groups is 1. The van der Waals surface area contributed by atoms with Gasteiger partial charge in [-0.3, -0.25) is 14.1 Å². The van der Waals surface area contributed by atoms with Crippen molar-refractivity contribution in [1.82, 2.24) is 10.6 Å². The first-order chi connectivity index (χ1) is 48.7. The molecule has 592 valence electrons. The van der Waals surface area contributed by atoms with Gasteiger partial charge in [-0.05, 0) is 38.5 Å². The fraction of sp³-hybridized carbons (Fsp3) is 0.951. The molecule has 0 unspecified atom stereocenters. The lowest BCUT2D eigenvalue weighted by molar-refractivity contribution is -0.273. The van der Waals surface area contributed by atoms with Crippen LogP contribution in [0.1, 0.15) is 408 Å². The van der Waals surface area contributed by atoms with Crippen molar-refractivity contribution in [2.45, 2.75) is 463 Å². The molecule has 18 nitrogen and oxygen atoms in total. The van der Waals surface area contributed by atoms with Gasteiger partial charge in [-0.25, -0.2) is 14.2 Å². The predicted molar refractivity (Wildman–Crippen MR) is 406 cm³/mol. The van der Waals surface area contributed by atoms with Crippen LogP contribution in [0.2, 0.25) is 0 Å². The summed E-state index contributed by atoms with van der Waals surface area (Å²) in [6.07, 6.45) is 49.3. The summed E-state index contributed by atoms with van der Waals surface area (Å²) in [5.74, 6) is -3.53. The number of aliphatic carboxylic acids is 1. The lowest BCUT2D eigenvalue weighted by atomic mass is 9.95. The molecule has 0 aromatic carbocycles. The number of phosphoric acid groups is 1. The number of esters is 1. The molecule has 1 saturated heterocycles. The van der Waals surface area contributed by atoms with Gasteiger partial charge >= 0.3 is 19.8 Å². The highest BCUT2D eigenvalue weighted by Gasteiger charge is 2.53. The maximum Gasteiger partial charge on any atom is 0.470 e. The molecule has 0 aliphatic carbocycles. The molecule has 0 saturated carbocycles. The number of aliphatic hydroxyl groups excluding tert-OH is 1. The monoisotopic (exact) mass is 1450 g/mol. The number of ether oxygens (including phenoxy) is 6. The van der Waals surface area contributed by atoms with Crippen LogP contribution in [0.15, 0.2) is 0 Å². The Balaban J connectivity index is 3.86. The zero-order valence-electron chi connectivity index (χ0n) is 65.2. The molecular weight excluding hydrogens is 1290 g/mol. The first kappa shape index (κ1) is 95.8. The number of phosphoric ester groups is 1. The van der Waals surface area contributed by atoms with Crippen LogP contribution in [0.5, 0.6) is 0 Å². The number of nitrogens with one attached hydrogen (secondary N) is 2. The number of hydrogen-bond acceptors (Lipinski definition) is 13. The molecule has 2 amide bonds. The van der Waals surface area contributed by atoms with Crippen molar-refractivity contribution < 1.29 is 76.7 Å². The Morgan fingerprint density at radius 2 is 0.690 bits per heavy atom. The van der Waals surface area contributed by atoms with Crippen LogP contribution in [0, 0.1) is 0 Å². The van der Waals surface area contributed by atoms with Crippen LogP contribution in [-0.2, 0) is 56.7 Å². The summed E-state index contributed by atoms with van der Waals surface area (Å²) in [6.45, 7) is 12.5. The number of hydrogen-bond donors (Lipinski definition) is 6. The van der Waals surface area contributed by atoms with Gasteiger partial charge in [0.2, 0.25) is 11.8 Å². The lowest BCUT2D eigenvalue weighted by Gasteiger charge is -2.45. The first-order valence-electron chi connectivity index (χ1n) is 42.2. The molecule has 1 heterocycles. The summed E-state index contributed by atoms with van der Waals surface area (Å²) in [4.78, 5) is 79.1. The first-order valence-corrected chi connectivity index (χ1v) is 43.7. The minimum atomic E-state index is -5.47. The van der Waals surface area contributed by atoms with Crippen LogP contribution in [-0.4, -0.2) is 132 Å². The molecule has 0 aromatic heterocycles. The van der Waals surface area contributed by atoms with Crippen LogP contribution < -0.4 is 10.6 Å². The predicted octanol–water partition coefficient (Wildman–Crippen LogP) is 20.7. The van der Waals surface area contributed by atoms with Crippen molar-refractivity contribution >= 4 is 31.6 Å². The number of rotatable bonds is 76. The van der Waals surface area contributed by atoms with Crippen LogP contribution in [0.25, 0.3) is 0 Å². The Kier molecular flexibility index (Phi) is 65.6. The maximum atomic E-state index is 15.2. The van der Waals surface area contributed by atoms with E-state index in [4.69, 9.17) is 32.9 Å². The normalized spacial score (nSPS) is 17.7. The van der Waals surface area contributed by atoms with Crippen LogP contribution in [0.4, 0.5) is 0 Å². The Morgan fingerprint density at radius 1 is 0.400 bits per heavy atom. The minimum absolute atomic E-state index is 0.261. The van der Waals surface area contributed by atoms with Gasteiger partial charge in [0, 0.05) is 19.8 Å². The number of carbonyl (C=O) groups excluding carboxylic acids is 3. The molecule has 0 radical (unpaired) electrons. The zero-order chi connectivity index (χ0) is 73.2. The van der Waals surface area contributed by atoms with Crippen molar-refractivity contribution in [1.29, 1.82) is 0 Å². The second kappa shape index (κ2) is 68.6. The van der Waals surface area contributed by atoms with Gasteiger partial charge in [0.25, 0.3) is 0 Å². The van der Waals surface area contributed by atoms with Gasteiger partial charge in [0.05, 0.1) is 13.2 Å². The molecule has 19 heteroatoms. The molecule has 100 heavy (non-hydrogen) atoms. The molecule has 6 N–H and O–H groups in total. The molecule has 0 spiro atoms. The third-order valence-electron chi connectivity index (χ3n) is 19.9. The molecule has 1 rings (SSSR count). The van der Waals surface area contributed by atoms with E-state index in [2.05, 4.69) is 52.2 Å². The maximum absolute atomic E-state index is 15.2. The molecule has 0 bridgehead atoms. The molecule has 0 aromatic rings. The summed E-state index contributed by atoms with van der Waals surface area (Å²) in [7, 11) is -5.47. The SMILES string of the molecule is CCCCCCCCCCCC[C@@H](OCCCCCCCCCC)C(=O)N[C@H]1[C@H](OC[C@H](NC(=O)[C@@H](CCCCCCCCCCCC)OCCCCCCCCCC)C(=O)O)O[C@H](CO)[C@@H](OP(=O)(O)O)[C@@H]1OC(=O)[C@@H](CCCCCCCCCCCC)OCCCCCCCCCC. The molecular formula is C81H157N2O16P. The number of amides is 2. The average Bonchev–Trinajstić information content (AvgIpc) is 0.779. The van der Waals surface area contributed by atoms with E-state index < -0.39 is 99.8 Å². The van der Waals surface area contributed by atoms with Gasteiger partial charge in [0.15, 0.2) is 24.5 Å². The van der Waals surface area contributed by atoms with E-state index in [1.54, 1.807) is 0 Å². The second-order valence-corrected chi connectivity index (χ2v) is 30.6. The summed E-state index contributed by atoms with van der Waals surface area (Å²) in [6, 6.07) is -3.31. The van der Waals surface area contributed by atoms with Gasteiger partial charge in [0.1, 0.15) is 30.5 Å². The van der Waals surface area contributed by atoms with Crippen molar-refractivity contribution in [3.8, 4) is 0 Å². The average molecular weight is 1450 g/mol. The number of carboxylic acid groups (broad SMARTS) is 1.